The van der Waals surface area contributed by atoms with Crippen LogP contribution in [-0.2, 0) is 16.1 Å². The summed E-state index contributed by atoms with van der Waals surface area (Å²) in [4.78, 5) is 12.6. The lowest BCUT2D eigenvalue weighted by molar-refractivity contribution is -0.170. The van der Waals surface area contributed by atoms with E-state index < -0.39 is 5.54 Å². The molecule has 1 amide bonds. The fourth-order valence-electron chi connectivity index (χ4n) is 3.10. The van der Waals surface area contributed by atoms with Gasteiger partial charge in [-0.1, -0.05) is 32.0 Å². The van der Waals surface area contributed by atoms with Gasteiger partial charge in [-0.3, -0.25) is 4.79 Å². The van der Waals surface area contributed by atoms with Crippen LogP contribution in [0, 0.1) is 5.41 Å². The summed E-state index contributed by atoms with van der Waals surface area (Å²) in [6, 6.07) is 7.70. The number of nitrogens with two attached hydrogens (primary N) is 1. The van der Waals surface area contributed by atoms with Crippen LogP contribution in [0.5, 0.6) is 5.75 Å². The van der Waals surface area contributed by atoms with E-state index in [-0.39, 0.29) is 17.4 Å². The third-order valence-corrected chi connectivity index (χ3v) is 4.95. The second-order valence-electron chi connectivity index (χ2n) is 6.56. The zero-order valence-corrected chi connectivity index (χ0v) is 14.5. The van der Waals surface area contributed by atoms with Crippen LogP contribution in [0.15, 0.2) is 24.3 Å². The van der Waals surface area contributed by atoms with Crippen LogP contribution >= 0.6 is 0 Å². The van der Waals surface area contributed by atoms with E-state index in [1.807, 2.05) is 52.0 Å². The average Bonchev–Trinajstić information content (AvgIpc) is 2.53. The molecule has 0 spiro atoms. The summed E-state index contributed by atoms with van der Waals surface area (Å²) in [5, 5.41) is 2.96. The lowest BCUT2D eigenvalue weighted by Crippen LogP contribution is -2.75. The van der Waals surface area contributed by atoms with Gasteiger partial charge >= 0.3 is 0 Å². The highest BCUT2D eigenvalue weighted by molar-refractivity contribution is 5.88. The zero-order chi connectivity index (χ0) is 17.1. The lowest BCUT2D eigenvalue weighted by Gasteiger charge is -2.57. The third-order valence-electron chi connectivity index (χ3n) is 4.95. The maximum Gasteiger partial charge on any atom is 0.241 e. The van der Waals surface area contributed by atoms with Crippen molar-refractivity contribution in [1.29, 1.82) is 0 Å². The van der Waals surface area contributed by atoms with Crippen LogP contribution in [0.3, 0.4) is 0 Å². The molecule has 2 rings (SSSR count). The summed E-state index contributed by atoms with van der Waals surface area (Å²) in [5.74, 6) is 0.659. The number of carbonyl (C=O) groups is 1. The van der Waals surface area contributed by atoms with Gasteiger partial charge in [-0.05, 0) is 19.9 Å². The molecule has 0 saturated heterocycles. The Balaban J connectivity index is 2.01. The van der Waals surface area contributed by atoms with Gasteiger partial charge in [0.15, 0.2) is 0 Å². The summed E-state index contributed by atoms with van der Waals surface area (Å²) in [6.07, 6.45) is 0.575. The van der Waals surface area contributed by atoms with Gasteiger partial charge in [0.25, 0.3) is 0 Å². The van der Waals surface area contributed by atoms with Gasteiger partial charge in [0.05, 0.1) is 12.7 Å². The molecule has 1 aliphatic rings. The molecule has 1 fully saturated rings. The van der Waals surface area contributed by atoms with Gasteiger partial charge in [-0.25, -0.2) is 0 Å². The Morgan fingerprint density at radius 3 is 2.61 bits per heavy atom. The molecule has 0 radical (unpaired) electrons. The van der Waals surface area contributed by atoms with Crippen LogP contribution in [0.4, 0.5) is 0 Å². The average molecular weight is 320 g/mol. The number of benzene rings is 1. The zero-order valence-electron chi connectivity index (χ0n) is 14.5. The summed E-state index contributed by atoms with van der Waals surface area (Å²) in [7, 11) is 0. The molecule has 1 saturated carbocycles. The fraction of sp³-hybridized carbons (Fsp3) is 0.611. The molecule has 0 aliphatic heterocycles. The molecular weight excluding hydrogens is 292 g/mol. The van der Waals surface area contributed by atoms with Crippen LogP contribution in [0.2, 0.25) is 0 Å². The van der Waals surface area contributed by atoms with E-state index in [9.17, 15) is 4.79 Å². The third kappa shape index (κ3) is 3.21. The molecule has 0 heterocycles. The summed E-state index contributed by atoms with van der Waals surface area (Å²) in [6.45, 7) is 9.51. The topological polar surface area (TPSA) is 73.6 Å². The van der Waals surface area contributed by atoms with Crippen molar-refractivity contribution in [2.24, 2.45) is 11.1 Å². The molecule has 0 bridgehead atoms. The van der Waals surface area contributed by atoms with Crippen LogP contribution in [-0.4, -0.2) is 30.8 Å². The molecule has 0 aromatic heterocycles. The highest BCUT2D eigenvalue weighted by atomic mass is 16.5. The largest absolute Gasteiger partial charge is 0.494 e. The monoisotopic (exact) mass is 320 g/mol. The van der Waals surface area contributed by atoms with E-state index in [2.05, 4.69) is 5.32 Å². The fourth-order valence-corrected chi connectivity index (χ4v) is 3.10. The van der Waals surface area contributed by atoms with Gasteiger partial charge < -0.3 is 20.5 Å². The maximum atomic E-state index is 12.6. The summed E-state index contributed by atoms with van der Waals surface area (Å²) in [5.41, 5.74) is 6.05. The predicted molar refractivity (Wildman–Crippen MR) is 90.2 cm³/mol. The van der Waals surface area contributed by atoms with Gasteiger partial charge in [0.1, 0.15) is 11.3 Å². The number of nitrogens with one attached hydrogen (secondary N) is 1. The summed E-state index contributed by atoms with van der Waals surface area (Å²) < 4.78 is 11.3. The molecule has 1 aliphatic carbocycles. The molecule has 23 heavy (non-hydrogen) atoms. The second kappa shape index (κ2) is 6.89. The van der Waals surface area contributed by atoms with Crippen LogP contribution in [0.25, 0.3) is 0 Å². The van der Waals surface area contributed by atoms with E-state index in [4.69, 9.17) is 15.2 Å². The Kier molecular flexibility index (Phi) is 5.32. The van der Waals surface area contributed by atoms with Gasteiger partial charge in [0.2, 0.25) is 5.91 Å². The molecular formula is C18H28N2O3. The number of carbonyl (C=O) groups excluding carboxylic acids is 1. The smallest absolute Gasteiger partial charge is 0.241 e. The number of rotatable bonds is 7. The first-order valence-electron chi connectivity index (χ1n) is 8.26. The predicted octanol–water partition coefficient (Wildman–Crippen LogP) is 2.23. The minimum Gasteiger partial charge on any atom is -0.494 e. The molecule has 2 atom stereocenters. The van der Waals surface area contributed by atoms with Gasteiger partial charge in [-0.15, -0.1) is 0 Å². The number of para-hydroxylation sites is 1. The van der Waals surface area contributed by atoms with E-state index in [0.717, 1.165) is 11.3 Å². The van der Waals surface area contributed by atoms with Crippen LogP contribution in [0.1, 0.15) is 39.7 Å². The normalized spacial score (nSPS) is 25.5. The first kappa shape index (κ1) is 17.8. The number of amides is 1. The Morgan fingerprint density at radius 2 is 2.00 bits per heavy atom. The number of hydrogen-bond acceptors (Lipinski definition) is 4. The van der Waals surface area contributed by atoms with Crippen LogP contribution < -0.4 is 15.8 Å². The number of hydrogen-bond donors (Lipinski definition) is 2. The quantitative estimate of drug-likeness (QED) is 0.808. The highest BCUT2D eigenvalue weighted by Gasteiger charge is 2.62. The summed E-state index contributed by atoms with van der Waals surface area (Å²) >= 11 is 0. The van der Waals surface area contributed by atoms with Crippen molar-refractivity contribution in [2.45, 2.75) is 52.3 Å². The second-order valence-corrected chi connectivity index (χ2v) is 6.56. The first-order valence-corrected chi connectivity index (χ1v) is 8.26. The van der Waals surface area contributed by atoms with Crippen molar-refractivity contribution >= 4 is 5.91 Å². The maximum absolute atomic E-state index is 12.6. The van der Waals surface area contributed by atoms with Crippen molar-refractivity contribution in [3.63, 3.8) is 0 Å². The Morgan fingerprint density at radius 1 is 1.30 bits per heavy atom. The van der Waals surface area contributed by atoms with Crippen molar-refractivity contribution in [3.8, 4) is 5.75 Å². The molecule has 128 valence electrons. The molecule has 2 unspecified atom stereocenters. The molecule has 5 nitrogen and oxygen atoms in total. The lowest BCUT2D eigenvalue weighted by atomic mass is 9.54. The van der Waals surface area contributed by atoms with E-state index >= 15 is 0 Å². The molecule has 3 N–H and O–H groups in total. The van der Waals surface area contributed by atoms with E-state index in [0.29, 0.717) is 26.2 Å². The Hall–Kier alpha value is -1.59. The SMILES string of the molecule is CCOc1ccccc1CNC(=O)C1(N)CC(OCC)C1(C)C. The minimum absolute atomic E-state index is 0.0268. The van der Waals surface area contributed by atoms with Crippen molar-refractivity contribution in [1.82, 2.24) is 5.32 Å². The first-order chi connectivity index (χ1) is 10.9. The molecule has 1 aromatic rings. The Bertz CT molecular complexity index is 559. The highest BCUT2D eigenvalue weighted by Crippen LogP contribution is 2.49. The van der Waals surface area contributed by atoms with Gasteiger partial charge in [0, 0.05) is 30.6 Å². The Labute approximate surface area is 138 Å². The standard InChI is InChI=1S/C18H28N2O3/c1-5-22-14-10-8-7-9-13(14)12-20-16(21)18(19)11-15(23-6-2)17(18,3)4/h7-10,15H,5-6,11-12,19H2,1-4H3,(H,20,21). The molecule has 5 heteroatoms. The minimum atomic E-state index is -0.895. The van der Waals surface area contributed by atoms with E-state index in [1.54, 1.807) is 0 Å². The van der Waals surface area contributed by atoms with Gasteiger partial charge in [-0.2, -0.15) is 0 Å². The van der Waals surface area contributed by atoms with Crippen molar-refractivity contribution < 1.29 is 14.3 Å². The van der Waals surface area contributed by atoms with Crippen molar-refractivity contribution in [2.75, 3.05) is 13.2 Å². The number of ether oxygens (including phenoxy) is 2. The molecule has 1 aromatic carbocycles. The van der Waals surface area contributed by atoms with E-state index in [1.165, 1.54) is 0 Å². The van der Waals surface area contributed by atoms with Crippen molar-refractivity contribution in [3.05, 3.63) is 29.8 Å².